The molecule has 1 aliphatic carbocycles. The molecule has 0 amide bonds. The number of hydrogen-bond donors (Lipinski definition) is 0. The molecule has 0 spiro atoms. The maximum absolute atomic E-state index is 13.1. The number of morpholine rings is 1. The monoisotopic (exact) mass is 342 g/mol. The van der Waals surface area contributed by atoms with Gasteiger partial charge in [0.05, 0.1) is 25.4 Å². The van der Waals surface area contributed by atoms with Gasteiger partial charge in [0.1, 0.15) is 5.82 Å². The Morgan fingerprint density at radius 1 is 1.16 bits per heavy atom. The second kappa shape index (κ2) is 7.60. The number of benzene rings is 1. The molecule has 1 aromatic carbocycles. The summed E-state index contributed by atoms with van der Waals surface area (Å²) in [6.45, 7) is 3.03. The highest BCUT2D eigenvalue weighted by molar-refractivity contribution is 5.16. The van der Waals surface area contributed by atoms with E-state index in [4.69, 9.17) is 9.47 Å². The third-order valence-electron chi connectivity index (χ3n) is 5.14. The first kappa shape index (κ1) is 16.6. The van der Waals surface area contributed by atoms with E-state index in [0.29, 0.717) is 12.6 Å². The van der Waals surface area contributed by atoms with Crippen LogP contribution in [0.4, 0.5) is 4.39 Å². The molecule has 2 fully saturated rings. The van der Waals surface area contributed by atoms with Crippen molar-refractivity contribution in [1.29, 1.82) is 0 Å². The van der Waals surface area contributed by atoms with Gasteiger partial charge < -0.3 is 9.47 Å². The third kappa shape index (κ3) is 3.89. The zero-order valence-corrected chi connectivity index (χ0v) is 14.2. The maximum Gasteiger partial charge on any atom is 0.123 e. The fraction of sp³-hybridized carbons (Fsp3) is 0.450. The Bertz CT molecular complexity index is 680. The number of aromatic nitrogens is 1. The van der Waals surface area contributed by atoms with Gasteiger partial charge >= 0.3 is 0 Å². The van der Waals surface area contributed by atoms with Crippen molar-refractivity contribution in [3.63, 3.8) is 0 Å². The molecule has 1 saturated heterocycles. The fourth-order valence-electron chi connectivity index (χ4n) is 3.88. The van der Waals surface area contributed by atoms with E-state index in [2.05, 4.69) is 9.88 Å². The Kier molecular flexibility index (Phi) is 5.06. The SMILES string of the molecule is Fc1ccc(CN2CCO[C@H]3[C@@H](OCc4cccnc4)CC[C@@H]32)cc1. The van der Waals surface area contributed by atoms with Crippen molar-refractivity contribution in [2.24, 2.45) is 0 Å². The lowest BCUT2D eigenvalue weighted by Gasteiger charge is -2.39. The van der Waals surface area contributed by atoms with Gasteiger partial charge in [-0.1, -0.05) is 18.2 Å². The van der Waals surface area contributed by atoms with Crippen LogP contribution in [0, 0.1) is 5.82 Å². The molecule has 0 unspecified atom stereocenters. The van der Waals surface area contributed by atoms with Crippen LogP contribution >= 0.6 is 0 Å². The molecule has 0 N–H and O–H groups in total. The fourth-order valence-corrected chi connectivity index (χ4v) is 3.88. The van der Waals surface area contributed by atoms with Crippen molar-refractivity contribution in [2.75, 3.05) is 13.2 Å². The third-order valence-corrected chi connectivity index (χ3v) is 5.14. The van der Waals surface area contributed by atoms with Crippen LogP contribution in [0.2, 0.25) is 0 Å². The molecular weight excluding hydrogens is 319 g/mol. The Labute approximate surface area is 147 Å². The molecule has 0 bridgehead atoms. The van der Waals surface area contributed by atoms with Gasteiger partial charge in [0, 0.05) is 31.5 Å². The van der Waals surface area contributed by atoms with E-state index in [1.165, 1.54) is 12.1 Å². The van der Waals surface area contributed by atoms with Gasteiger partial charge in [-0.05, 0) is 42.2 Å². The van der Waals surface area contributed by atoms with Crippen LogP contribution in [-0.4, -0.2) is 41.3 Å². The quantitative estimate of drug-likeness (QED) is 0.836. The summed E-state index contributed by atoms with van der Waals surface area (Å²) in [5.74, 6) is -0.187. The van der Waals surface area contributed by atoms with Crippen molar-refractivity contribution in [3.05, 3.63) is 65.7 Å². The number of halogens is 1. The summed E-state index contributed by atoms with van der Waals surface area (Å²) >= 11 is 0. The molecule has 4 nitrogen and oxygen atoms in total. The van der Waals surface area contributed by atoms with Crippen LogP contribution in [0.3, 0.4) is 0 Å². The number of fused-ring (bicyclic) bond motifs is 1. The molecule has 2 aromatic rings. The van der Waals surface area contributed by atoms with E-state index >= 15 is 0 Å². The normalized spacial score (nSPS) is 26.5. The van der Waals surface area contributed by atoms with E-state index in [9.17, 15) is 4.39 Å². The lowest BCUT2D eigenvalue weighted by atomic mass is 10.1. The summed E-state index contributed by atoms with van der Waals surface area (Å²) in [6.07, 6.45) is 5.94. The maximum atomic E-state index is 13.1. The number of ether oxygens (including phenoxy) is 2. The first-order valence-electron chi connectivity index (χ1n) is 8.90. The molecule has 0 radical (unpaired) electrons. The van der Waals surface area contributed by atoms with Gasteiger partial charge in [-0.2, -0.15) is 0 Å². The largest absolute Gasteiger partial charge is 0.373 e. The van der Waals surface area contributed by atoms with Crippen molar-refractivity contribution in [3.8, 4) is 0 Å². The second-order valence-electron chi connectivity index (χ2n) is 6.79. The average Bonchev–Trinajstić information content (AvgIpc) is 3.07. The van der Waals surface area contributed by atoms with Gasteiger partial charge in [-0.3, -0.25) is 9.88 Å². The van der Waals surface area contributed by atoms with E-state index in [-0.39, 0.29) is 18.0 Å². The number of rotatable bonds is 5. The molecule has 1 saturated carbocycles. The Morgan fingerprint density at radius 2 is 2.04 bits per heavy atom. The van der Waals surface area contributed by atoms with Crippen molar-refractivity contribution >= 4 is 0 Å². The van der Waals surface area contributed by atoms with Crippen LogP contribution in [0.25, 0.3) is 0 Å². The predicted molar refractivity (Wildman–Crippen MR) is 92.4 cm³/mol. The minimum absolute atomic E-state index is 0.117. The van der Waals surface area contributed by atoms with Crippen molar-refractivity contribution < 1.29 is 13.9 Å². The zero-order valence-electron chi connectivity index (χ0n) is 14.2. The second-order valence-corrected chi connectivity index (χ2v) is 6.79. The number of hydrogen-bond acceptors (Lipinski definition) is 4. The highest BCUT2D eigenvalue weighted by atomic mass is 19.1. The van der Waals surface area contributed by atoms with Crippen molar-refractivity contribution in [2.45, 2.75) is 44.2 Å². The summed E-state index contributed by atoms with van der Waals surface area (Å²) in [4.78, 5) is 6.58. The molecule has 3 atom stereocenters. The standard InChI is InChI=1S/C20H23FN2O2/c21-17-5-3-15(4-6-17)13-23-10-11-24-20-18(23)7-8-19(20)25-14-16-2-1-9-22-12-16/h1-6,9,12,18-20H,7-8,10-11,13-14H2/t18-,19-,20+/m0/s1. The zero-order chi connectivity index (χ0) is 17.1. The minimum atomic E-state index is -0.187. The summed E-state index contributed by atoms with van der Waals surface area (Å²) in [5.41, 5.74) is 2.23. The van der Waals surface area contributed by atoms with Crippen LogP contribution in [0.1, 0.15) is 24.0 Å². The van der Waals surface area contributed by atoms with Crippen LogP contribution < -0.4 is 0 Å². The number of pyridine rings is 1. The predicted octanol–water partition coefficient (Wildman–Crippen LogP) is 3.17. The Hall–Kier alpha value is -1.82. The average molecular weight is 342 g/mol. The van der Waals surface area contributed by atoms with E-state index in [1.807, 2.05) is 30.5 Å². The molecule has 1 aliphatic heterocycles. The highest BCUT2D eigenvalue weighted by Gasteiger charge is 2.43. The van der Waals surface area contributed by atoms with Gasteiger partial charge in [0.25, 0.3) is 0 Å². The van der Waals surface area contributed by atoms with E-state index in [1.54, 1.807) is 6.20 Å². The van der Waals surface area contributed by atoms with E-state index < -0.39 is 0 Å². The summed E-state index contributed by atoms with van der Waals surface area (Å²) in [7, 11) is 0. The van der Waals surface area contributed by atoms with E-state index in [0.717, 1.165) is 43.7 Å². The molecule has 5 heteroatoms. The lowest BCUT2D eigenvalue weighted by molar-refractivity contribution is -0.118. The van der Waals surface area contributed by atoms with Gasteiger partial charge in [-0.15, -0.1) is 0 Å². The van der Waals surface area contributed by atoms with Crippen LogP contribution in [0.15, 0.2) is 48.8 Å². The summed E-state index contributed by atoms with van der Waals surface area (Å²) in [5, 5.41) is 0. The molecule has 25 heavy (non-hydrogen) atoms. The molecular formula is C20H23FN2O2. The molecule has 2 aliphatic rings. The summed E-state index contributed by atoms with van der Waals surface area (Å²) < 4.78 is 25.3. The highest BCUT2D eigenvalue weighted by Crippen LogP contribution is 2.33. The molecule has 132 valence electrons. The van der Waals surface area contributed by atoms with Crippen molar-refractivity contribution in [1.82, 2.24) is 9.88 Å². The first-order valence-corrected chi connectivity index (χ1v) is 8.90. The minimum Gasteiger partial charge on any atom is -0.373 e. The van der Waals surface area contributed by atoms with Crippen LogP contribution in [0.5, 0.6) is 0 Å². The smallest absolute Gasteiger partial charge is 0.123 e. The van der Waals surface area contributed by atoms with Gasteiger partial charge in [0.15, 0.2) is 0 Å². The Balaban J connectivity index is 1.37. The molecule has 2 heterocycles. The molecule has 4 rings (SSSR count). The topological polar surface area (TPSA) is 34.6 Å². The van der Waals surface area contributed by atoms with Crippen LogP contribution in [-0.2, 0) is 22.6 Å². The first-order chi connectivity index (χ1) is 12.3. The molecule has 1 aromatic heterocycles. The summed E-state index contributed by atoms with van der Waals surface area (Å²) in [6, 6.07) is 11.1. The Morgan fingerprint density at radius 3 is 2.84 bits per heavy atom. The lowest BCUT2D eigenvalue weighted by Crippen LogP contribution is -2.51. The van der Waals surface area contributed by atoms with Gasteiger partial charge in [-0.25, -0.2) is 4.39 Å². The number of nitrogens with zero attached hydrogens (tertiary/aromatic N) is 2. The van der Waals surface area contributed by atoms with Gasteiger partial charge in [0.2, 0.25) is 0 Å².